The summed E-state index contributed by atoms with van der Waals surface area (Å²) in [6, 6.07) is 4.90. The zero-order valence-corrected chi connectivity index (χ0v) is 13.9. The number of nitrogens with one attached hydrogen (secondary N) is 2. The molecular formula is C18H21FN4O. The lowest BCUT2D eigenvalue weighted by Crippen LogP contribution is -2.44. The molecule has 0 bridgehead atoms. The first-order chi connectivity index (χ1) is 11.6. The van der Waals surface area contributed by atoms with E-state index in [0.717, 1.165) is 54.8 Å². The van der Waals surface area contributed by atoms with E-state index in [2.05, 4.69) is 20.5 Å². The molecule has 1 fully saturated rings. The smallest absolute Gasteiger partial charge is 0.155 e. The van der Waals surface area contributed by atoms with Gasteiger partial charge in [0.15, 0.2) is 6.29 Å². The van der Waals surface area contributed by atoms with Gasteiger partial charge in [0.2, 0.25) is 0 Å². The lowest BCUT2D eigenvalue weighted by Gasteiger charge is -2.32. The second-order valence-electron chi connectivity index (χ2n) is 5.90. The Labute approximate surface area is 140 Å². The van der Waals surface area contributed by atoms with Gasteiger partial charge < -0.3 is 15.5 Å². The van der Waals surface area contributed by atoms with Gasteiger partial charge in [0, 0.05) is 45.0 Å². The molecule has 1 aliphatic heterocycles. The highest BCUT2D eigenvalue weighted by Gasteiger charge is 2.22. The minimum Gasteiger partial charge on any atom is -0.372 e. The first-order valence-electron chi connectivity index (χ1n) is 8.03. The third-order valence-corrected chi connectivity index (χ3v) is 4.23. The predicted octanol–water partition coefficient (Wildman–Crippen LogP) is 2.46. The van der Waals surface area contributed by atoms with Gasteiger partial charge in [0.25, 0.3) is 0 Å². The molecule has 0 radical (unpaired) electrons. The fourth-order valence-corrected chi connectivity index (χ4v) is 3.16. The van der Waals surface area contributed by atoms with Gasteiger partial charge in [0.05, 0.1) is 11.3 Å². The maximum Gasteiger partial charge on any atom is 0.155 e. The quantitative estimate of drug-likeness (QED) is 0.845. The summed E-state index contributed by atoms with van der Waals surface area (Å²) in [4.78, 5) is 18.3. The molecule has 0 atom stereocenters. The fraction of sp³-hybridized carbons (Fsp3) is 0.333. The Balaban J connectivity index is 2.22. The molecule has 5 nitrogen and oxygen atoms in total. The third-order valence-electron chi connectivity index (χ3n) is 4.23. The number of pyridine rings is 1. The Morgan fingerprint density at radius 1 is 1.29 bits per heavy atom. The Hall–Kier alpha value is -2.47. The second kappa shape index (κ2) is 6.97. The monoisotopic (exact) mass is 328 g/mol. The number of anilines is 2. The molecule has 0 unspecified atom stereocenters. The Bertz CT molecular complexity index is 737. The van der Waals surface area contributed by atoms with E-state index in [1.807, 2.05) is 13.0 Å². The molecule has 0 saturated carbocycles. The van der Waals surface area contributed by atoms with Crippen LogP contribution in [0.1, 0.15) is 15.9 Å². The van der Waals surface area contributed by atoms with Crippen LogP contribution in [-0.4, -0.2) is 44.5 Å². The van der Waals surface area contributed by atoms with Crippen LogP contribution in [0.4, 0.5) is 15.9 Å². The molecule has 1 aromatic carbocycles. The topological polar surface area (TPSA) is 57.3 Å². The maximum atomic E-state index is 13.9. The van der Waals surface area contributed by atoms with Crippen LogP contribution in [0, 0.1) is 12.7 Å². The molecule has 2 N–H and O–H groups in total. The lowest BCUT2D eigenvalue weighted by atomic mass is 9.99. The van der Waals surface area contributed by atoms with Crippen LogP contribution in [-0.2, 0) is 0 Å². The number of benzene rings is 1. The summed E-state index contributed by atoms with van der Waals surface area (Å²) in [5, 5.41) is 6.28. The van der Waals surface area contributed by atoms with Gasteiger partial charge in [-0.1, -0.05) is 6.07 Å². The van der Waals surface area contributed by atoms with Gasteiger partial charge in [0.1, 0.15) is 11.6 Å². The average Bonchev–Trinajstić information content (AvgIpc) is 2.60. The van der Waals surface area contributed by atoms with Crippen molar-refractivity contribution in [3.8, 4) is 11.1 Å². The Morgan fingerprint density at radius 3 is 2.67 bits per heavy atom. The molecule has 6 heteroatoms. The van der Waals surface area contributed by atoms with Crippen molar-refractivity contribution >= 4 is 17.8 Å². The van der Waals surface area contributed by atoms with Crippen molar-refractivity contribution in [2.75, 3.05) is 43.4 Å². The number of hydrogen-bond donors (Lipinski definition) is 2. The number of piperazine rings is 1. The summed E-state index contributed by atoms with van der Waals surface area (Å²) < 4.78 is 13.9. The number of aldehydes is 1. The summed E-state index contributed by atoms with van der Waals surface area (Å²) in [5.74, 6) is 0.247. The van der Waals surface area contributed by atoms with Gasteiger partial charge in [-0.15, -0.1) is 0 Å². The molecule has 126 valence electrons. The number of rotatable bonds is 4. The molecule has 1 aliphatic rings. The molecule has 0 aliphatic carbocycles. The zero-order chi connectivity index (χ0) is 17.1. The molecule has 0 amide bonds. The number of nitrogens with zero attached hydrogens (tertiary/aromatic N) is 2. The highest BCUT2D eigenvalue weighted by atomic mass is 19.1. The normalized spacial score (nSPS) is 14.5. The maximum absolute atomic E-state index is 13.9. The van der Waals surface area contributed by atoms with Crippen LogP contribution in [0.25, 0.3) is 11.1 Å². The minimum absolute atomic E-state index is 0.290. The van der Waals surface area contributed by atoms with Gasteiger partial charge in [-0.3, -0.25) is 4.79 Å². The lowest BCUT2D eigenvalue weighted by molar-refractivity contribution is 0.112. The van der Waals surface area contributed by atoms with Crippen molar-refractivity contribution in [3.05, 3.63) is 41.3 Å². The van der Waals surface area contributed by atoms with Crippen molar-refractivity contribution in [1.82, 2.24) is 10.3 Å². The number of halogens is 1. The largest absolute Gasteiger partial charge is 0.372 e. The van der Waals surface area contributed by atoms with Crippen LogP contribution in [0.5, 0.6) is 0 Å². The highest BCUT2D eigenvalue weighted by molar-refractivity contribution is 5.97. The minimum atomic E-state index is -0.290. The summed E-state index contributed by atoms with van der Waals surface area (Å²) >= 11 is 0. The first-order valence-corrected chi connectivity index (χ1v) is 8.03. The highest BCUT2D eigenvalue weighted by Crippen LogP contribution is 2.36. The van der Waals surface area contributed by atoms with Crippen molar-refractivity contribution in [1.29, 1.82) is 0 Å². The summed E-state index contributed by atoms with van der Waals surface area (Å²) in [6.45, 7) is 5.12. The van der Waals surface area contributed by atoms with Crippen molar-refractivity contribution in [2.24, 2.45) is 0 Å². The second-order valence-corrected chi connectivity index (χ2v) is 5.90. The van der Waals surface area contributed by atoms with Crippen LogP contribution in [0.2, 0.25) is 0 Å². The van der Waals surface area contributed by atoms with E-state index in [-0.39, 0.29) is 5.82 Å². The SMILES string of the molecule is CNc1ncc(-c2cc(C)cc(F)c2)c(N2CCNCC2)c1C=O. The average molecular weight is 328 g/mol. The zero-order valence-electron chi connectivity index (χ0n) is 13.9. The van der Waals surface area contributed by atoms with E-state index in [4.69, 9.17) is 0 Å². The molecule has 1 saturated heterocycles. The summed E-state index contributed by atoms with van der Waals surface area (Å²) in [7, 11) is 1.74. The number of carbonyl (C=O) groups excluding carboxylic acids is 1. The predicted molar refractivity (Wildman–Crippen MR) is 94.4 cm³/mol. The summed E-state index contributed by atoms with van der Waals surface area (Å²) in [6.07, 6.45) is 2.54. The molecule has 2 aromatic rings. The van der Waals surface area contributed by atoms with Crippen LogP contribution >= 0.6 is 0 Å². The molecule has 1 aromatic heterocycles. The van der Waals surface area contributed by atoms with E-state index in [1.54, 1.807) is 13.2 Å². The molecule has 24 heavy (non-hydrogen) atoms. The van der Waals surface area contributed by atoms with Crippen LogP contribution in [0.3, 0.4) is 0 Å². The fourth-order valence-electron chi connectivity index (χ4n) is 3.16. The van der Waals surface area contributed by atoms with Gasteiger partial charge in [-0.2, -0.15) is 0 Å². The van der Waals surface area contributed by atoms with Gasteiger partial charge in [-0.25, -0.2) is 9.37 Å². The first kappa shape index (κ1) is 16.4. The number of hydrogen-bond acceptors (Lipinski definition) is 5. The number of carbonyl (C=O) groups is 1. The molecular weight excluding hydrogens is 307 g/mol. The van der Waals surface area contributed by atoms with Gasteiger partial charge in [-0.05, 0) is 30.2 Å². The molecule has 0 spiro atoms. The van der Waals surface area contributed by atoms with E-state index < -0.39 is 0 Å². The van der Waals surface area contributed by atoms with Crippen LogP contribution in [0.15, 0.2) is 24.4 Å². The number of aromatic nitrogens is 1. The van der Waals surface area contributed by atoms with E-state index in [1.165, 1.54) is 12.1 Å². The van der Waals surface area contributed by atoms with E-state index >= 15 is 0 Å². The van der Waals surface area contributed by atoms with Crippen LogP contribution < -0.4 is 15.5 Å². The number of aryl methyl sites for hydroxylation is 1. The van der Waals surface area contributed by atoms with E-state index in [0.29, 0.717) is 11.4 Å². The third kappa shape index (κ3) is 3.10. The Kier molecular flexibility index (Phi) is 4.76. The van der Waals surface area contributed by atoms with Crippen molar-refractivity contribution in [3.63, 3.8) is 0 Å². The summed E-state index contributed by atoms with van der Waals surface area (Å²) in [5.41, 5.74) is 3.68. The van der Waals surface area contributed by atoms with Crippen molar-refractivity contribution < 1.29 is 9.18 Å². The Morgan fingerprint density at radius 2 is 2.04 bits per heavy atom. The molecule has 3 rings (SSSR count). The molecule has 2 heterocycles. The standard InChI is InChI=1S/C18H21FN4O/c1-12-7-13(9-14(19)8-12)15-10-22-18(20-2)16(11-24)17(15)23-5-3-21-4-6-23/h7-11,21H,3-6H2,1-2H3,(H,20,22). The van der Waals surface area contributed by atoms with E-state index in [9.17, 15) is 9.18 Å². The van der Waals surface area contributed by atoms with Crippen molar-refractivity contribution in [2.45, 2.75) is 6.92 Å². The van der Waals surface area contributed by atoms with Gasteiger partial charge >= 0.3 is 0 Å².